The molecule has 0 bridgehead atoms. The van der Waals surface area contributed by atoms with E-state index in [4.69, 9.17) is 13.1 Å². The molecular weight excluding hydrogens is 360 g/mol. The van der Waals surface area contributed by atoms with Crippen LogP contribution in [0.3, 0.4) is 0 Å². The van der Waals surface area contributed by atoms with Crippen molar-refractivity contribution >= 4 is 36.0 Å². The van der Waals surface area contributed by atoms with Crippen molar-refractivity contribution in [3.05, 3.63) is 73.8 Å². The Morgan fingerprint density at radius 2 is 1.08 bits per heavy atom. The summed E-state index contributed by atoms with van der Waals surface area (Å²) in [6, 6.07) is 13.8. The molecule has 0 aliphatic carbocycles. The Kier molecular flexibility index (Phi) is 7.34. The lowest BCUT2D eigenvalue weighted by molar-refractivity contribution is -0.129. The third-order valence-corrected chi connectivity index (χ3v) is 4.15. The highest BCUT2D eigenvalue weighted by Gasteiger charge is 2.03. The number of hydrogen-bond donors (Lipinski definition) is 0. The molecule has 0 fully saturated rings. The summed E-state index contributed by atoms with van der Waals surface area (Å²) in [4.78, 5) is 23.9. The molecule has 5 nitrogen and oxygen atoms in total. The smallest absolute Gasteiger partial charge is 0.335 e. The average Bonchev–Trinajstić information content (AvgIpc) is 2.64. The molecule has 0 N–H and O–H groups in total. The van der Waals surface area contributed by atoms with Gasteiger partial charge in [0.15, 0.2) is 0 Å². The first-order valence-corrected chi connectivity index (χ1v) is 8.49. The number of esters is 2. The highest BCUT2D eigenvalue weighted by atomic mass is 32.2. The van der Waals surface area contributed by atoms with E-state index in [1.54, 1.807) is 48.5 Å². The number of rotatable bonds is 8. The van der Waals surface area contributed by atoms with Crippen molar-refractivity contribution in [3.63, 3.8) is 0 Å². The van der Waals surface area contributed by atoms with E-state index in [1.807, 2.05) is 0 Å². The molecule has 25 heavy (non-hydrogen) atoms. The summed E-state index contributed by atoms with van der Waals surface area (Å²) in [5, 5.41) is 0. The molecule has 0 radical (unpaired) electrons. The number of ether oxygens (including phenoxy) is 2. The molecule has 2 aromatic rings. The minimum Gasteiger partial charge on any atom is -0.423 e. The zero-order chi connectivity index (χ0) is 18.1. The number of carbonyl (C=O) groups is 2. The molecule has 128 valence electrons. The van der Waals surface area contributed by atoms with Crippen LogP contribution in [0.2, 0.25) is 0 Å². The van der Waals surface area contributed by atoms with Gasteiger partial charge in [0, 0.05) is 46.0 Å². The summed E-state index contributed by atoms with van der Waals surface area (Å²) >= 11 is 2.34. The van der Waals surface area contributed by atoms with Gasteiger partial charge in [-0.25, -0.2) is 13.2 Å². The van der Waals surface area contributed by atoms with Crippen LogP contribution in [-0.4, -0.2) is 11.9 Å². The third kappa shape index (κ3) is 6.50. The minimum atomic E-state index is -0.505. The van der Waals surface area contributed by atoms with Crippen molar-refractivity contribution in [1.29, 1.82) is 0 Å². The summed E-state index contributed by atoms with van der Waals surface area (Å²) in [6.45, 7) is 6.67. The second kappa shape index (κ2) is 9.73. The van der Waals surface area contributed by atoms with E-state index in [0.29, 0.717) is 11.5 Å². The fraction of sp³-hybridized carbons (Fsp3) is 0. The van der Waals surface area contributed by atoms with Gasteiger partial charge >= 0.3 is 11.9 Å². The summed E-state index contributed by atoms with van der Waals surface area (Å²) < 4.78 is 15.4. The van der Waals surface area contributed by atoms with Crippen molar-refractivity contribution in [2.24, 2.45) is 0 Å². The molecule has 0 saturated heterocycles. The van der Waals surface area contributed by atoms with Gasteiger partial charge in [-0.2, -0.15) is 0 Å². The van der Waals surface area contributed by atoms with Gasteiger partial charge in [-0.15, -0.1) is 0 Å². The first kappa shape index (κ1) is 18.9. The van der Waals surface area contributed by atoms with Gasteiger partial charge in [0.25, 0.3) is 0 Å². The first-order valence-electron chi connectivity index (χ1n) is 7.00. The first-order chi connectivity index (χ1) is 12.1. The fourth-order valence-corrected chi connectivity index (χ4v) is 2.80. The van der Waals surface area contributed by atoms with Crippen molar-refractivity contribution in [3.8, 4) is 11.5 Å². The molecule has 0 heterocycles. The summed E-state index contributed by atoms with van der Waals surface area (Å²) in [7, 11) is 0. The van der Waals surface area contributed by atoms with E-state index in [2.05, 4.69) is 13.2 Å². The van der Waals surface area contributed by atoms with E-state index in [-0.39, 0.29) is 0 Å². The zero-order valence-corrected chi connectivity index (χ0v) is 14.7. The maximum atomic E-state index is 11.1. The highest BCUT2D eigenvalue weighted by molar-refractivity contribution is 8.07. The topological polar surface area (TPSA) is 61.8 Å². The maximum absolute atomic E-state index is 11.1. The van der Waals surface area contributed by atoms with Crippen LogP contribution in [0.15, 0.2) is 83.6 Å². The summed E-state index contributed by atoms with van der Waals surface area (Å²) in [5.41, 5.74) is 0. The standard InChI is InChI=1S/C18H14O5S2/c1-3-17(19)21-13-5-9-15(10-6-13)24-23-25-16-11-7-14(8-12-16)22-18(20)4-2/h3-12H,1-2H2. The number of carbonyl (C=O) groups excluding carboxylic acids is 2. The molecule has 2 aromatic carbocycles. The van der Waals surface area contributed by atoms with Crippen molar-refractivity contribution in [2.75, 3.05) is 0 Å². The molecule has 0 unspecified atom stereocenters. The van der Waals surface area contributed by atoms with Crippen molar-refractivity contribution in [1.82, 2.24) is 0 Å². The second-order valence-electron chi connectivity index (χ2n) is 4.43. The predicted molar refractivity (Wildman–Crippen MR) is 97.3 cm³/mol. The molecule has 0 aliphatic rings. The summed E-state index contributed by atoms with van der Waals surface area (Å²) in [5.74, 6) is -0.137. The van der Waals surface area contributed by atoms with Crippen molar-refractivity contribution in [2.45, 2.75) is 9.79 Å². The van der Waals surface area contributed by atoms with Gasteiger partial charge in [0.05, 0.1) is 0 Å². The largest absolute Gasteiger partial charge is 0.423 e. The molecule has 2 rings (SSSR count). The Bertz CT molecular complexity index is 689. The van der Waals surface area contributed by atoms with Crippen LogP contribution in [0, 0.1) is 0 Å². The lowest BCUT2D eigenvalue weighted by Crippen LogP contribution is -2.02. The van der Waals surface area contributed by atoms with Crippen LogP contribution in [0.4, 0.5) is 0 Å². The molecule has 0 amide bonds. The van der Waals surface area contributed by atoms with Gasteiger partial charge in [-0.1, -0.05) is 13.2 Å². The lowest BCUT2D eigenvalue weighted by atomic mass is 10.3. The third-order valence-electron chi connectivity index (χ3n) is 2.68. The van der Waals surface area contributed by atoms with E-state index in [9.17, 15) is 9.59 Å². The molecule has 0 atom stereocenters. The number of hydrogen-bond acceptors (Lipinski definition) is 7. The van der Waals surface area contributed by atoms with Gasteiger partial charge in [-0.3, -0.25) is 0 Å². The second-order valence-corrected chi connectivity index (χ2v) is 6.25. The predicted octanol–water partition coefficient (Wildman–Crippen LogP) is 4.60. The normalized spacial score (nSPS) is 9.92. The zero-order valence-electron chi connectivity index (χ0n) is 13.0. The van der Waals surface area contributed by atoms with Crippen molar-refractivity contribution < 1.29 is 22.7 Å². The molecule has 0 saturated carbocycles. The molecule has 0 aromatic heterocycles. The van der Waals surface area contributed by atoms with Crippen LogP contribution < -0.4 is 9.47 Å². The van der Waals surface area contributed by atoms with E-state index < -0.39 is 11.9 Å². The molecule has 0 aliphatic heterocycles. The van der Waals surface area contributed by atoms with Gasteiger partial charge in [-0.05, 0) is 48.5 Å². The Morgan fingerprint density at radius 1 is 0.720 bits per heavy atom. The van der Waals surface area contributed by atoms with Crippen LogP contribution in [0.1, 0.15) is 0 Å². The van der Waals surface area contributed by atoms with E-state index in [0.717, 1.165) is 21.9 Å². The maximum Gasteiger partial charge on any atom is 0.335 e. The van der Waals surface area contributed by atoms with Gasteiger partial charge < -0.3 is 9.47 Å². The van der Waals surface area contributed by atoms with Gasteiger partial charge in [0.1, 0.15) is 11.5 Å². The Labute approximate surface area is 154 Å². The van der Waals surface area contributed by atoms with Crippen LogP contribution >= 0.6 is 24.1 Å². The monoisotopic (exact) mass is 374 g/mol. The fourth-order valence-electron chi connectivity index (χ4n) is 1.54. The van der Waals surface area contributed by atoms with E-state index >= 15 is 0 Å². The average molecular weight is 374 g/mol. The highest BCUT2D eigenvalue weighted by Crippen LogP contribution is 2.31. The molecular formula is C18H14O5S2. The molecule has 0 spiro atoms. The van der Waals surface area contributed by atoms with E-state index in [1.165, 1.54) is 24.1 Å². The number of benzene rings is 2. The van der Waals surface area contributed by atoms with Gasteiger partial charge in [0.2, 0.25) is 0 Å². The Hall–Kier alpha value is -2.48. The Balaban J connectivity index is 1.80. The van der Waals surface area contributed by atoms with Crippen LogP contribution in [0.25, 0.3) is 0 Å². The quantitative estimate of drug-likeness (QED) is 0.290. The van der Waals surface area contributed by atoms with Crippen LogP contribution in [0.5, 0.6) is 11.5 Å². The minimum absolute atomic E-state index is 0.437. The molecule has 7 heteroatoms. The SMILES string of the molecule is C=CC(=O)Oc1ccc(SOSc2ccc(OC(=O)C=C)cc2)cc1. The lowest BCUT2D eigenvalue weighted by Gasteiger charge is -2.05. The Morgan fingerprint density at radius 3 is 1.40 bits per heavy atom. The summed E-state index contributed by atoms with van der Waals surface area (Å²) in [6.07, 6.45) is 2.21. The van der Waals surface area contributed by atoms with Crippen LogP contribution in [-0.2, 0) is 13.2 Å².